The van der Waals surface area contributed by atoms with Crippen LogP contribution < -0.4 is 0 Å². The smallest absolute Gasteiger partial charge is 0.257 e. The molecule has 1 aliphatic heterocycles. The summed E-state index contributed by atoms with van der Waals surface area (Å²) in [4.78, 5) is 18.6. The third-order valence-corrected chi connectivity index (χ3v) is 4.13. The molecule has 0 bridgehead atoms. The highest BCUT2D eigenvalue weighted by atomic mass is 79.9. The van der Waals surface area contributed by atoms with Crippen LogP contribution in [0.5, 0.6) is 0 Å². The van der Waals surface area contributed by atoms with E-state index in [9.17, 15) is 4.79 Å². The quantitative estimate of drug-likeness (QED) is 0.776. The van der Waals surface area contributed by atoms with Gasteiger partial charge in [0.1, 0.15) is 11.9 Å². The van der Waals surface area contributed by atoms with Crippen molar-refractivity contribution in [1.29, 1.82) is 0 Å². The van der Waals surface area contributed by atoms with Crippen molar-refractivity contribution in [2.24, 2.45) is 0 Å². The molecule has 2 heterocycles. The normalized spacial score (nSPS) is 19.9. The number of halogens is 2. The standard InChI is InChI=1S/C13H14BrClN2O3/c14-8-3-11(12(15)16-4-8)13(18)17(9-1-2-9)10-5-19-7-20-6-10/h3-4,9-10H,1-2,5-7H2. The number of rotatable bonds is 3. The maximum absolute atomic E-state index is 12.8. The van der Waals surface area contributed by atoms with Gasteiger partial charge in [-0.05, 0) is 34.8 Å². The number of hydrogen-bond acceptors (Lipinski definition) is 4. The zero-order valence-electron chi connectivity index (χ0n) is 10.7. The van der Waals surface area contributed by atoms with E-state index in [-0.39, 0.29) is 23.1 Å². The van der Waals surface area contributed by atoms with Gasteiger partial charge in [0.15, 0.2) is 0 Å². The molecular weight excluding hydrogens is 348 g/mol. The van der Waals surface area contributed by atoms with E-state index in [1.165, 1.54) is 0 Å². The minimum atomic E-state index is -0.106. The molecule has 108 valence electrons. The zero-order chi connectivity index (χ0) is 14.1. The Labute approximate surface area is 130 Å². The molecule has 2 fully saturated rings. The predicted molar refractivity (Wildman–Crippen MR) is 76.7 cm³/mol. The highest BCUT2D eigenvalue weighted by molar-refractivity contribution is 9.10. The molecule has 0 spiro atoms. The molecule has 0 aromatic carbocycles. The molecule has 3 rings (SSSR count). The first-order valence-corrected chi connectivity index (χ1v) is 7.63. The number of nitrogens with zero attached hydrogens (tertiary/aromatic N) is 2. The van der Waals surface area contributed by atoms with Crippen LogP contribution in [0.3, 0.4) is 0 Å². The Morgan fingerprint density at radius 3 is 2.70 bits per heavy atom. The number of pyridine rings is 1. The third-order valence-electron chi connectivity index (χ3n) is 3.39. The van der Waals surface area contributed by atoms with E-state index >= 15 is 0 Å². The second-order valence-electron chi connectivity index (χ2n) is 4.95. The monoisotopic (exact) mass is 360 g/mol. The van der Waals surface area contributed by atoms with Gasteiger partial charge in [-0.3, -0.25) is 4.79 Å². The number of carbonyl (C=O) groups is 1. The summed E-state index contributed by atoms with van der Waals surface area (Å²) in [7, 11) is 0. The van der Waals surface area contributed by atoms with Gasteiger partial charge in [0.2, 0.25) is 0 Å². The maximum Gasteiger partial charge on any atom is 0.257 e. The van der Waals surface area contributed by atoms with Crippen LogP contribution in [0.4, 0.5) is 0 Å². The summed E-state index contributed by atoms with van der Waals surface area (Å²) >= 11 is 9.38. The lowest BCUT2D eigenvalue weighted by molar-refractivity contribution is -0.130. The molecule has 1 amide bonds. The van der Waals surface area contributed by atoms with Crippen molar-refractivity contribution in [3.63, 3.8) is 0 Å². The topological polar surface area (TPSA) is 51.7 Å². The fraction of sp³-hybridized carbons (Fsp3) is 0.538. The molecular formula is C13H14BrClN2O3. The molecule has 2 aliphatic rings. The van der Waals surface area contributed by atoms with Crippen LogP contribution in [-0.4, -0.2) is 47.9 Å². The summed E-state index contributed by atoms with van der Waals surface area (Å²) in [6.45, 7) is 1.30. The third kappa shape index (κ3) is 2.98. The summed E-state index contributed by atoms with van der Waals surface area (Å²) in [5, 5.41) is 0.224. The SMILES string of the molecule is O=C(c1cc(Br)cnc1Cl)N(C1CC1)C1COCOC1. The average molecular weight is 362 g/mol. The molecule has 1 aliphatic carbocycles. The second-order valence-corrected chi connectivity index (χ2v) is 6.22. The van der Waals surface area contributed by atoms with Gasteiger partial charge in [-0.25, -0.2) is 4.98 Å². The Bertz CT molecular complexity index is 518. The number of carbonyl (C=O) groups excluding carboxylic acids is 1. The lowest BCUT2D eigenvalue weighted by Crippen LogP contribution is -2.49. The average Bonchev–Trinajstić information content (AvgIpc) is 3.27. The van der Waals surface area contributed by atoms with Gasteiger partial charge in [0.25, 0.3) is 5.91 Å². The van der Waals surface area contributed by atoms with Crippen LogP contribution in [0.1, 0.15) is 23.2 Å². The van der Waals surface area contributed by atoms with E-state index in [0.29, 0.717) is 25.6 Å². The minimum Gasteiger partial charge on any atom is -0.353 e. The zero-order valence-corrected chi connectivity index (χ0v) is 13.1. The molecule has 1 saturated carbocycles. The summed E-state index contributed by atoms with van der Waals surface area (Å²) < 4.78 is 11.3. The summed E-state index contributed by atoms with van der Waals surface area (Å²) in [6.07, 6.45) is 3.61. The van der Waals surface area contributed by atoms with Crippen molar-refractivity contribution in [3.05, 3.63) is 27.5 Å². The predicted octanol–water partition coefficient (Wildman–Crippen LogP) is 2.47. The van der Waals surface area contributed by atoms with Crippen molar-refractivity contribution in [2.75, 3.05) is 20.0 Å². The van der Waals surface area contributed by atoms with Crippen molar-refractivity contribution < 1.29 is 14.3 Å². The molecule has 20 heavy (non-hydrogen) atoms. The van der Waals surface area contributed by atoms with E-state index in [1.54, 1.807) is 12.3 Å². The molecule has 0 unspecified atom stereocenters. The van der Waals surface area contributed by atoms with Crippen molar-refractivity contribution in [1.82, 2.24) is 9.88 Å². The first kappa shape index (κ1) is 14.3. The molecule has 0 atom stereocenters. The van der Waals surface area contributed by atoms with Crippen molar-refractivity contribution in [3.8, 4) is 0 Å². The van der Waals surface area contributed by atoms with E-state index < -0.39 is 0 Å². The Kier molecular flexibility index (Phi) is 4.26. The van der Waals surface area contributed by atoms with E-state index in [2.05, 4.69) is 20.9 Å². The maximum atomic E-state index is 12.8. The summed E-state index contributed by atoms with van der Waals surface area (Å²) in [5.74, 6) is -0.106. The van der Waals surface area contributed by atoms with Gasteiger partial charge in [-0.15, -0.1) is 0 Å². The Morgan fingerprint density at radius 1 is 1.35 bits per heavy atom. The van der Waals surface area contributed by atoms with Crippen LogP contribution in [0.2, 0.25) is 5.15 Å². The fourth-order valence-corrected chi connectivity index (χ4v) is 2.85. The molecule has 1 aromatic rings. The van der Waals surface area contributed by atoms with Gasteiger partial charge in [-0.2, -0.15) is 0 Å². The first-order chi connectivity index (χ1) is 9.66. The highest BCUT2D eigenvalue weighted by Gasteiger charge is 2.39. The minimum absolute atomic E-state index is 0.0567. The molecule has 0 radical (unpaired) electrons. The van der Waals surface area contributed by atoms with Gasteiger partial charge < -0.3 is 14.4 Å². The number of amides is 1. The lowest BCUT2D eigenvalue weighted by atomic mass is 10.2. The molecule has 1 aromatic heterocycles. The summed E-state index contributed by atoms with van der Waals surface area (Å²) in [6, 6.07) is 1.91. The van der Waals surface area contributed by atoms with Crippen LogP contribution in [0.15, 0.2) is 16.7 Å². The van der Waals surface area contributed by atoms with Crippen LogP contribution in [0, 0.1) is 0 Å². The van der Waals surface area contributed by atoms with Gasteiger partial charge >= 0.3 is 0 Å². The van der Waals surface area contributed by atoms with Crippen molar-refractivity contribution in [2.45, 2.75) is 24.9 Å². The van der Waals surface area contributed by atoms with Gasteiger partial charge in [-0.1, -0.05) is 11.6 Å². The first-order valence-electron chi connectivity index (χ1n) is 6.46. The number of ether oxygens (including phenoxy) is 2. The largest absolute Gasteiger partial charge is 0.353 e. The Hall–Kier alpha value is -0.690. The lowest BCUT2D eigenvalue weighted by Gasteiger charge is -2.34. The van der Waals surface area contributed by atoms with E-state index in [0.717, 1.165) is 17.3 Å². The van der Waals surface area contributed by atoms with Crippen molar-refractivity contribution >= 4 is 33.4 Å². The van der Waals surface area contributed by atoms with Gasteiger partial charge in [0.05, 0.1) is 24.8 Å². The van der Waals surface area contributed by atoms with Gasteiger partial charge in [0, 0.05) is 16.7 Å². The van der Waals surface area contributed by atoms with E-state index in [4.69, 9.17) is 21.1 Å². The van der Waals surface area contributed by atoms with Crippen LogP contribution in [0.25, 0.3) is 0 Å². The number of hydrogen-bond donors (Lipinski definition) is 0. The highest BCUT2D eigenvalue weighted by Crippen LogP contribution is 2.32. The van der Waals surface area contributed by atoms with E-state index in [1.807, 2.05) is 4.90 Å². The van der Waals surface area contributed by atoms with Crippen LogP contribution in [-0.2, 0) is 9.47 Å². The Morgan fingerprint density at radius 2 is 2.05 bits per heavy atom. The molecule has 7 heteroatoms. The second kappa shape index (κ2) is 5.97. The molecule has 1 saturated heterocycles. The molecule has 5 nitrogen and oxygen atoms in total. The Balaban J connectivity index is 1.86. The summed E-state index contributed by atoms with van der Waals surface area (Å²) in [5.41, 5.74) is 0.415. The molecule has 0 N–H and O–H groups in total. The fourth-order valence-electron chi connectivity index (χ4n) is 2.33. The van der Waals surface area contributed by atoms with Crippen LogP contribution >= 0.6 is 27.5 Å². The number of aromatic nitrogens is 1.